The lowest BCUT2D eigenvalue weighted by Gasteiger charge is -2.12. The summed E-state index contributed by atoms with van der Waals surface area (Å²) in [6.45, 7) is 2.96. The quantitative estimate of drug-likeness (QED) is 0.908. The first-order valence-electron chi connectivity index (χ1n) is 5.66. The van der Waals surface area contributed by atoms with Crippen molar-refractivity contribution in [3.05, 3.63) is 44.7 Å². The standard InChI is InChI=1S/C13H15BrN2OS/c1-9(11-3-4-12(14)18-11)16-8-10-5-6-15-13(7-10)17-2/h3-7,9,16H,8H2,1-2H3. The van der Waals surface area contributed by atoms with Crippen LogP contribution in [0.1, 0.15) is 23.4 Å². The lowest BCUT2D eigenvalue weighted by molar-refractivity contribution is 0.397. The maximum atomic E-state index is 5.11. The second-order valence-corrected chi connectivity index (χ2v) is 6.45. The summed E-state index contributed by atoms with van der Waals surface area (Å²) in [5.74, 6) is 0.654. The molecule has 0 aliphatic carbocycles. The summed E-state index contributed by atoms with van der Waals surface area (Å²) in [6.07, 6.45) is 1.77. The van der Waals surface area contributed by atoms with Crippen molar-refractivity contribution in [3.63, 3.8) is 0 Å². The molecular formula is C13H15BrN2OS. The first-order valence-corrected chi connectivity index (χ1v) is 7.27. The summed E-state index contributed by atoms with van der Waals surface area (Å²) in [7, 11) is 1.63. The number of thiophene rings is 1. The van der Waals surface area contributed by atoms with Crippen LogP contribution in [0.5, 0.6) is 5.88 Å². The van der Waals surface area contributed by atoms with Crippen LogP contribution in [0.2, 0.25) is 0 Å². The fourth-order valence-corrected chi connectivity index (χ4v) is 3.05. The minimum absolute atomic E-state index is 0.334. The number of halogens is 1. The number of rotatable bonds is 5. The van der Waals surface area contributed by atoms with Crippen LogP contribution >= 0.6 is 27.3 Å². The maximum absolute atomic E-state index is 5.11. The van der Waals surface area contributed by atoms with Crippen LogP contribution in [-0.2, 0) is 6.54 Å². The molecule has 1 unspecified atom stereocenters. The smallest absolute Gasteiger partial charge is 0.213 e. The Morgan fingerprint density at radius 2 is 2.28 bits per heavy atom. The van der Waals surface area contributed by atoms with E-state index in [0.29, 0.717) is 11.9 Å². The molecule has 18 heavy (non-hydrogen) atoms. The van der Waals surface area contributed by atoms with Gasteiger partial charge in [-0.15, -0.1) is 11.3 Å². The van der Waals surface area contributed by atoms with E-state index in [-0.39, 0.29) is 0 Å². The van der Waals surface area contributed by atoms with Crippen molar-refractivity contribution >= 4 is 27.3 Å². The Morgan fingerprint density at radius 1 is 1.44 bits per heavy atom. The van der Waals surface area contributed by atoms with Crippen LogP contribution in [0.3, 0.4) is 0 Å². The molecule has 1 atom stereocenters. The summed E-state index contributed by atoms with van der Waals surface area (Å²) < 4.78 is 6.27. The van der Waals surface area contributed by atoms with E-state index in [1.54, 1.807) is 24.6 Å². The molecule has 0 spiro atoms. The van der Waals surface area contributed by atoms with Gasteiger partial charge in [-0.1, -0.05) is 0 Å². The molecule has 3 nitrogen and oxygen atoms in total. The van der Waals surface area contributed by atoms with Gasteiger partial charge < -0.3 is 10.1 Å². The van der Waals surface area contributed by atoms with Crippen LogP contribution in [-0.4, -0.2) is 12.1 Å². The number of hydrogen-bond acceptors (Lipinski definition) is 4. The molecule has 0 radical (unpaired) electrons. The number of pyridine rings is 1. The molecule has 0 saturated carbocycles. The first kappa shape index (κ1) is 13.5. The molecule has 2 aromatic heterocycles. The van der Waals surface area contributed by atoms with E-state index in [1.807, 2.05) is 12.1 Å². The van der Waals surface area contributed by atoms with Crippen LogP contribution in [0.25, 0.3) is 0 Å². The molecule has 0 saturated heterocycles. The van der Waals surface area contributed by atoms with E-state index >= 15 is 0 Å². The van der Waals surface area contributed by atoms with E-state index in [4.69, 9.17) is 4.74 Å². The van der Waals surface area contributed by atoms with Gasteiger partial charge in [-0.05, 0) is 46.6 Å². The molecule has 0 amide bonds. The molecule has 1 N–H and O–H groups in total. The maximum Gasteiger partial charge on any atom is 0.213 e. The van der Waals surface area contributed by atoms with Gasteiger partial charge in [0.2, 0.25) is 5.88 Å². The number of hydrogen-bond donors (Lipinski definition) is 1. The highest BCUT2D eigenvalue weighted by Gasteiger charge is 2.07. The lowest BCUT2D eigenvalue weighted by Crippen LogP contribution is -2.17. The average Bonchev–Trinajstić information content (AvgIpc) is 2.83. The fourth-order valence-electron chi connectivity index (χ4n) is 1.60. The van der Waals surface area contributed by atoms with E-state index in [2.05, 4.69) is 45.3 Å². The van der Waals surface area contributed by atoms with E-state index in [1.165, 1.54) is 10.4 Å². The van der Waals surface area contributed by atoms with Crippen molar-refractivity contribution in [2.45, 2.75) is 19.5 Å². The van der Waals surface area contributed by atoms with Crippen molar-refractivity contribution in [3.8, 4) is 5.88 Å². The van der Waals surface area contributed by atoms with Crippen molar-refractivity contribution in [2.24, 2.45) is 0 Å². The third-order valence-corrected chi connectivity index (χ3v) is 4.45. The zero-order chi connectivity index (χ0) is 13.0. The summed E-state index contributed by atoms with van der Waals surface area (Å²) in [4.78, 5) is 5.41. The molecule has 0 aliphatic rings. The molecule has 5 heteroatoms. The number of methoxy groups -OCH3 is 1. The average molecular weight is 327 g/mol. The normalized spacial score (nSPS) is 12.4. The van der Waals surface area contributed by atoms with Gasteiger partial charge in [0, 0.05) is 29.7 Å². The molecule has 0 aromatic carbocycles. The predicted molar refractivity (Wildman–Crippen MR) is 78.1 cm³/mol. The number of aromatic nitrogens is 1. The van der Waals surface area contributed by atoms with E-state index < -0.39 is 0 Å². The summed E-state index contributed by atoms with van der Waals surface area (Å²) >= 11 is 5.24. The van der Waals surface area contributed by atoms with Gasteiger partial charge in [-0.25, -0.2) is 4.98 Å². The Morgan fingerprint density at radius 3 is 2.94 bits per heavy atom. The molecule has 96 valence electrons. The first-order chi connectivity index (χ1) is 8.69. The summed E-state index contributed by atoms with van der Waals surface area (Å²) in [5.41, 5.74) is 1.17. The van der Waals surface area contributed by atoms with Crippen molar-refractivity contribution in [1.29, 1.82) is 0 Å². The third-order valence-electron chi connectivity index (χ3n) is 2.64. The minimum Gasteiger partial charge on any atom is -0.481 e. The van der Waals surface area contributed by atoms with Gasteiger partial charge in [-0.2, -0.15) is 0 Å². The van der Waals surface area contributed by atoms with Gasteiger partial charge >= 0.3 is 0 Å². The number of ether oxygens (including phenoxy) is 1. The fraction of sp³-hybridized carbons (Fsp3) is 0.308. The SMILES string of the molecule is COc1cc(CNC(C)c2ccc(Br)s2)ccn1. The van der Waals surface area contributed by atoms with Crippen LogP contribution < -0.4 is 10.1 Å². The van der Waals surface area contributed by atoms with E-state index in [0.717, 1.165) is 10.3 Å². The highest BCUT2D eigenvalue weighted by molar-refractivity contribution is 9.11. The molecule has 2 heterocycles. The Balaban J connectivity index is 1.94. The Labute approximate surface area is 119 Å². The van der Waals surface area contributed by atoms with Crippen molar-refractivity contribution in [1.82, 2.24) is 10.3 Å². The molecule has 2 rings (SSSR count). The summed E-state index contributed by atoms with van der Waals surface area (Å²) in [6, 6.07) is 8.49. The Kier molecular flexibility index (Phi) is 4.74. The van der Waals surface area contributed by atoms with Gasteiger partial charge in [0.05, 0.1) is 10.9 Å². The number of nitrogens with zero attached hydrogens (tertiary/aromatic N) is 1. The zero-order valence-electron chi connectivity index (χ0n) is 10.3. The second kappa shape index (κ2) is 6.31. The Hall–Kier alpha value is -0.910. The van der Waals surface area contributed by atoms with Gasteiger partial charge in [0.15, 0.2) is 0 Å². The van der Waals surface area contributed by atoms with E-state index in [9.17, 15) is 0 Å². The number of nitrogens with one attached hydrogen (secondary N) is 1. The highest BCUT2D eigenvalue weighted by atomic mass is 79.9. The molecule has 0 bridgehead atoms. The van der Waals surface area contributed by atoms with Crippen molar-refractivity contribution < 1.29 is 4.74 Å². The van der Waals surface area contributed by atoms with Gasteiger partial charge in [-0.3, -0.25) is 0 Å². The molecule has 2 aromatic rings. The monoisotopic (exact) mass is 326 g/mol. The zero-order valence-corrected chi connectivity index (χ0v) is 12.7. The lowest BCUT2D eigenvalue weighted by atomic mass is 10.2. The largest absolute Gasteiger partial charge is 0.481 e. The van der Waals surface area contributed by atoms with Crippen LogP contribution in [0.15, 0.2) is 34.2 Å². The van der Waals surface area contributed by atoms with Gasteiger partial charge in [0.1, 0.15) is 0 Å². The highest BCUT2D eigenvalue weighted by Crippen LogP contribution is 2.27. The molecule has 0 fully saturated rings. The van der Waals surface area contributed by atoms with Crippen LogP contribution in [0.4, 0.5) is 0 Å². The Bertz CT molecular complexity index is 515. The van der Waals surface area contributed by atoms with Gasteiger partial charge in [0.25, 0.3) is 0 Å². The van der Waals surface area contributed by atoms with Crippen LogP contribution in [0, 0.1) is 0 Å². The second-order valence-electron chi connectivity index (χ2n) is 3.95. The molecular weight excluding hydrogens is 312 g/mol. The minimum atomic E-state index is 0.334. The van der Waals surface area contributed by atoms with Crippen molar-refractivity contribution in [2.75, 3.05) is 7.11 Å². The summed E-state index contributed by atoms with van der Waals surface area (Å²) in [5, 5.41) is 3.49. The third kappa shape index (κ3) is 3.54. The molecule has 0 aliphatic heterocycles. The predicted octanol–water partition coefficient (Wildman–Crippen LogP) is 3.77. The topological polar surface area (TPSA) is 34.1 Å².